The lowest BCUT2D eigenvalue weighted by molar-refractivity contribution is -0.133. The van der Waals surface area contributed by atoms with Crippen molar-refractivity contribution in [1.82, 2.24) is 15.5 Å². The largest absolute Gasteiger partial charge is 0.485 e. The summed E-state index contributed by atoms with van der Waals surface area (Å²) >= 11 is 0. The molecule has 216 valence electrons. The molecule has 2 heterocycles. The van der Waals surface area contributed by atoms with Crippen LogP contribution in [0.1, 0.15) is 86.9 Å². The van der Waals surface area contributed by atoms with Crippen LogP contribution in [0.25, 0.3) is 0 Å². The number of fused-ring (bicyclic) bond motifs is 1. The van der Waals surface area contributed by atoms with Gasteiger partial charge in [-0.1, -0.05) is 26.0 Å². The Labute approximate surface area is 234 Å². The van der Waals surface area contributed by atoms with E-state index in [1.165, 1.54) is 23.1 Å². The SMILES string of the molecule is CCC1(CC)CC(=O)N([C@H](CCOC)c2cccc(C(=O)N[C@H]3c4cc(F)ccc4OC(C)(C)[C@@H]3O)c2)C(=N)N1. The summed E-state index contributed by atoms with van der Waals surface area (Å²) in [6.45, 7) is 7.75. The van der Waals surface area contributed by atoms with Gasteiger partial charge in [-0.3, -0.25) is 19.9 Å². The number of methoxy groups -OCH3 is 1. The molecule has 0 spiro atoms. The molecule has 2 aromatic carbocycles. The number of aliphatic hydroxyl groups is 1. The van der Waals surface area contributed by atoms with Gasteiger partial charge in [0.2, 0.25) is 5.91 Å². The van der Waals surface area contributed by atoms with Crippen LogP contribution in [-0.4, -0.2) is 58.7 Å². The first-order valence-corrected chi connectivity index (χ1v) is 13.7. The van der Waals surface area contributed by atoms with Crippen LogP contribution in [0.4, 0.5) is 4.39 Å². The van der Waals surface area contributed by atoms with Gasteiger partial charge in [-0.15, -0.1) is 0 Å². The highest BCUT2D eigenvalue weighted by molar-refractivity contribution is 6.00. The van der Waals surface area contributed by atoms with E-state index in [4.69, 9.17) is 14.9 Å². The number of halogens is 1. The number of carbonyl (C=O) groups excluding carboxylic acids is 2. The first-order valence-electron chi connectivity index (χ1n) is 13.7. The Bertz CT molecular complexity index is 1260. The molecule has 2 aliphatic heterocycles. The Morgan fingerprint density at radius 3 is 2.65 bits per heavy atom. The highest BCUT2D eigenvalue weighted by Gasteiger charge is 2.44. The zero-order valence-corrected chi connectivity index (χ0v) is 23.7. The minimum absolute atomic E-state index is 0.0297. The monoisotopic (exact) mass is 554 g/mol. The van der Waals surface area contributed by atoms with Crippen molar-refractivity contribution in [3.05, 3.63) is 65.0 Å². The average molecular weight is 555 g/mol. The van der Waals surface area contributed by atoms with Crippen LogP contribution in [0.2, 0.25) is 0 Å². The molecule has 2 aromatic rings. The highest BCUT2D eigenvalue weighted by Crippen LogP contribution is 2.40. The number of ether oxygens (including phenoxy) is 2. The molecule has 4 N–H and O–H groups in total. The van der Waals surface area contributed by atoms with Crippen LogP contribution >= 0.6 is 0 Å². The van der Waals surface area contributed by atoms with Crippen LogP contribution in [0.5, 0.6) is 5.75 Å². The van der Waals surface area contributed by atoms with Gasteiger partial charge in [0.15, 0.2) is 5.96 Å². The van der Waals surface area contributed by atoms with Gasteiger partial charge in [0, 0.05) is 30.4 Å². The molecule has 1 saturated heterocycles. The Kier molecular flexibility index (Phi) is 8.51. The normalized spacial score (nSPS) is 22.1. The number of rotatable bonds is 9. The number of aliphatic hydroxyl groups excluding tert-OH is 1. The van der Waals surface area contributed by atoms with Gasteiger partial charge in [-0.05, 0) is 69.0 Å². The van der Waals surface area contributed by atoms with Crippen molar-refractivity contribution < 1.29 is 28.6 Å². The summed E-state index contributed by atoms with van der Waals surface area (Å²) in [5, 5.41) is 25.9. The summed E-state index contributed by atoms with van der Waals surface area (Å²) in [4.78, 5) is 28.3. The summed E-state index contributed by atoms with van der Waals surface area (Å²) in [5.74, 6) is -0.718. The van der Waals surface area contributed by atoms with E-state index in [2.05, 4.69) is 10.6 Å². The van der Waals surface area contributed by atoms with E-state index in [-0.39, 0.29) is 18.3 Å². The third kappa shape index (κ3) is 5.69. The molecule has 0 radical (unpaired) electrons. The number of amides is 2. The maximum absolute atomic E-state index is 14.1. The summed E-state index contributed by atoms with van der Waals surface area (Å²) in [7, 11) is 1.57. The molecule has 3 atom stereocenters. The third-order valence-electron chi connectivity index (χ3n) is 8.17. The summed E-state index contributed by atoms with van der Waals surface area (Å²) < 4.78 is 25.3. The molecule has 2 amide bonds. The van der Waals surface area contributed by atoms with Crippen molar-refractivity contribution in [1.29, 1.82) is 5.41 Å². The Morgan fingerprint density at radius 1 is 1.27 bits per heavy atom. The molecule has 10 heteroatoms. The van der Waals surface area contributed by atoms with Crippen molar-refractivity contribution in [2.75, 3.05) is 13.7 Å². The van der Waals surface area contributed by atoms with E-state index in [9.17, 15) is 19.1 Å². The van der Waals surface area contributed by atoms with Crippen molar-refractivity contribution >= 4 is 17.8 Å². The molecule has 0 saturated carbocycles. The van der Waals surface area contributed by atoms with Crippen LogP contribution in [0.15, 0.2) is 42.5 Å². The lowest BCUT2D eigenvalue weighted by Gasteiger charge is -2.45. The number of hydrogen-bond donors (Lipinski definition) is 4. The number of benzene rings is 2. The van der Waals surface area contributed by atoms with Crippen molar-refractivity contribution in [2.45, 2.75) is 82.7 Å². The van der Waals surface area contributed by atoms with Gasteiger partial charge in [0.25, 0.3) is 5.91 Å². The maximum atomic E-state index is 14.1. The standard InChI is InChI=1S/C30H39FN4O5/c1-6-30(7-2)17-24(36)35(28(32)34-30)22(13-14-39-5)18-9-8-10-19(15-18)27(38)33-25-21-16-20(31)11-12-23(21)40-29(3,4)26(25)37/h8-12,15-16,22,25-26,37H,6-7,13-14,17H2,1-5H3,(H2,32,34)(H,33,38)/t22-,25+,26-/m1/s1. The predicted octanol–water partition coefficient (Wildman–Crippen LogP) is 4.22. The van der Waals surface area contributed by atoms with Gasteiger partial charge >= 0.3 is 0 Å². The quantitative estimate of drug-likeness (QED) is 0.368. The van der Waals surface area contributed by atoms with Crippen molar-refractivity contribution in [2.24, 2.45) is 0 Å². The molecular weight excluding hydrogens is 515 g/mol. The van der Waals surface area contributed by atoms with Gasteiger partial charge in [-0.2, -0.15) is 0 Å². The predicted molar refractivity (Wildman–Crippen MR) is 149 cm³/mol. The smallest absolute Gasteiger partial charge is 0.251 e. The molecule has 1 fully saturated rings. The topological polar surface area (TPSA) is 124 Å². The minimum Gasteiger partial charge on any atom is -0.485 e. The van der Waals surface area contributed by atoms with E-state index < -0.39 is 41.1 Å². The second kappa shape index (κ2) is 11.5. The van der Waals surface area contributed by atoms with E-state index in [1.54, 1.807) is 39.2 Å². The molecule has 0 unspecified atom stereocenters. The Morgan fingerprint density at radius 2 is 2.00 bits per heavy atom. The summed E-state index contributed by atoms with van der Waals surface area (Å²) in [5.41, 5.74) is -0.154. The fourth-order valence-corrected chi connectivity index (χ4v) is 5.57. The van der Waals surface area contributed by atoms with E-state index in [1.807, 2.05) is 19.9 Å². The lowest BCUT2D eigenvalue weighted by Crippen LogP contribution is -2.62. The van der Waals surface area contributed by atoms with Crippen molar-refractivity contribution in [3.63, 3.8) is 0 Å². The molecule has 4 rings (SSSR count). The fraction of sp³-hybridized carbons (Fsp3) is 0.500. The number of carbonyl (C=O) groups is 2. The molecular formula is C30H39FN4O5. The second-order valence-corrected chi connectivity index (χ2v) is 11.1. The van der Waals surface area contributed by atoms with E-state index in [0.717, 1.165) is 0 Å². The summed E-state index contributed by atoms with van der Waals surface area (Å²) in [6.07, 6.45) is 0.970. The van der Waals surface area contributed by atoms with Gasteiger partial charge in [0.05, 0.1) is 18.5 Å². The Hall–Kier alpha value is -3.50. The number of hydrogen-bond acceptors (Lipinski definition) is 6. The molecule has 9 nitrogen and oxygen atoms in total. The highest BCUT2D eigenvalue weighted by atomic mass is 19.1. The van der Waals surface area contributed by atoms with Gasteiger partial charge < -0.3 is 25.2 Å². The molecule has 0 aromatic heterocycles. The van der Waals surface area contributed by atoms with Crippen molar-refractivity contribution in [3.8, 4) is 5.75 Å². The maximum Gasteiger partial charge on any atom is 0.251 e. The minimum atomic E-state index is -1.14. The van der Waals surface area contributed by atoms with E-state index >= 15 is 0 Å². The lowest BCUT2D eigenvalue weighted by atomic mass is 9.85. The zero-order chi connectivity index (χ0) is 29.2. The molecule has 2 aliphatic rings. The zero-order valence-electron chi connectivity index (χ0n) is 23.7. The van der Waals surface area contributed by atoms with Gasteiger partial charge in [-0.25, -0.2) is 4.39 Å². The number of nitrogens with one attached hydrogen (secondary N) is 3. The average Bonchev–Trinajstić information content (AvgIpc) is 2.92. The van der Waals surface area contributed by atoms with Crippen LogP contribution in [0.3, 0.4) is 0 Å². The first kappa shape index (κ1) is 29.5. The van der Waals surface area contributed by atoms with Gasteiger partial charge in [0.1, 0.15) is 23.3 Å². The second-order valence-electron chi connectivity index (χ2n) is 11.1. The third-order valence-corrected chi connectivity index (χ3v) is 8.17. The number of nitrogens with zero attached hydrogens (tertiary/aromatic N) is 1. The van der Waals surface area contributed by atoms with Crippen LogP contribution in [0, 0.1) is 11.2 Å². The number of guanidine groups is 1. The summed E-state index contributed by atoms with van der Waals surface area (Å²) in [6, 6.07) is 9.42. The molecule has 0 bridgehead atoms. The van der Waals surface area contributed by atoms with Crippen LogP contribution in [-0.2, 0) is 9.53 Å². The Balaban J connectivity index is 1.63. The molecule has 40 heavy (non-hydrogen) atoms. The van der Waals surface area contributed by atoms with E-state index in [0.29, 0.717) is 48.3 Å². The van der Waals surface area contributed by atoms with Crippen LogP contribution < -0.4 is 15.4 Å². The fourth-order valence-electron chi connectivity index (χ4n) is 5.57. The molecule has 0 aliphatic carbocycles. The first-order chi connectivity index (χ1) is 18.9.